The third kappa shape index (κ3) is 2.45. The standard InChI is InChI=1S/C6H14BN3O2/c1-8(2)5(11)9(3)6(12)10(4)7/h7H2,1-4H3. The monoisotopic (exact) mass is 171 g/mol. The van der Waals surface area contributed by atoms with Crippen LogP contribution in [0, 0.1) is 0 Å². The molecule has 0 saturated carbocycles. The third-order valence-electron chi connectivity index (χ3n) is 1.34. The number of hydrogen-bond donors (Lipinski definition) is 0. The van der Waals surface area contributed by atoms with E-state index >= 15 is 0 Å². The smallest absolute Gasteiger partial charge is 0.327 e. The van der Waals surface area contributed by atoms with Gasteiger partial charge in [-0.1, -0.05) is 0 Å². The van der Waals surface area contributed by atoms with E-state index in [9.17, 15) is 9.59 Å². The molecular formula is C6H14BN3O2. The predicted molar refractivity (Wildman–Crippen MR) is 48.5 cm³/mol. The summed E-state index contributed by atoms with van der Waals surface area (Å²) < 4.78 is 0. The van der Waals surface area contributed by atoms with E-state index in [2.05, 4.69) is 0 Å². The van der Waals surface area contributed by atoms with E-state index in [1.54, 1.807) is 29.1 Å². The number of urea groups is 2. The van der Waals surface area contributed by atoms with E-state index in [4.69, 9.17) is 0 Å². The Morgan fingerprint density at radius 2 is 1.42 bits per heavy atom. The fourth-order valence-electron chi connectivity index (χ4n) is 0.682. The number of nitrogens with zero attached hydrogens (tertiary/aromatic N) is 3. The summed E-state index contributed by atoms with van der Waals surface area (Å²) in [6.45, 7) is 0. The van der Waals surface area contributed by atoms with Crippen LogP contribution in [0.4, 0.5) is 9.59 Å². The lowest BCUT2D eigenvalue weighted by Crippen LogP contribution is -2.45. The molecule has 0 aromatic carbocycles. The zero-order chi connectivity index (χ0) is 9.89. The van der Waals surface area contributed by atoms with Crippen LogP contribution in [0.25, 0.3) is 0 Å². The van der Waals surface area contributed by atoms with Gasteiger partial charge in [0.1, 0.15) is 0 Å². The van der Waals surface area contributed by atoms with Gasteiger partial charge >= 0.3 is 12.1 Å². The number of amides is 4. The van der Waals surface area contributed by atoms with Crippen molar-refractivity contribution in [3.05, 3.63) is 0 Å². The van der Waals surface area contributed by atoms with Crippen LogP contribution in [0.5, 0.6) is 0 Å². The van der Waals surface area contributed by atoms with E-state index in [0.717, 1.165) is 4.90 Å². The molecule has 4 amide bonds. The normalized spacial score (nSPS) is 9.00. The molecular weight excluding hydrogens is 157 g/mol. The quantitative estimate of drug-likeness (QED) is 0.448. The Bertz CT molecular complexity index is 173. The molecule has 0 radical (unpaired) electrons. The van der Waals surface area contributed by atoms with Gasteiger partial charge in [0.2, 0.25) is 7.98 Å². The van der Waals surface area contributed by atoms with Crippen molar-refractivity contribution in [2.24, 2.45) is 0 Å². The van der Waals surface area contributed by atoms with E-state index in [0.29, 0.717) is 0 Å². The first-order valence-electron chi connectivity index (χ1n) is 3.54. The molecule has 0 saturated heterocycles. The maximum Gasteiger partial charge on any atom is 0.327 e. The molecule has 0 aromatic heterocycles. The van der Waals surface area contributed by atoms with Gasteiger partial charge in [0, 0.05) is 21.1 Å². The summed E-state index contributed by atoms with van der Waals surface area (Å²) in [7, 11) is 7.85. The SMILES string of the molecule is BN(C)C(=O)N(C)C(=O)N(C)C. The summed E-state index contributed by atoms with van der Waals surface area (Å²) in [6, 6.07) is -0.651. The van der Waals surface area contributed by atoms with E-state index < -0.39 is 0 Å². The van der Waals surface area contributed by atoms with Gasteiger partial charge in [-0.15, -0.1) is 0 Å². The van der Waals surface area contributed by atoms with E-state index in [1.165, 1.54) is 16.8 Å². The van der Waals surface area contributed by atoms with Crippen molar-refractivity contribution < 1.29 is 9.59 Å². The molecule has 0 N–H and O–H groups in total. The van der Waals surface area contributed by atoms with E-state index in [1.807, 2.05) is 0 Å². The van der Waals surface area contributed by atoms with Crippen LogP contribution in [0.15, 0.2) is 0 Å². The van der Waals surface area contributed by atoms with Crippen molar-refractivity contribution in [1.29, 1.82) is 0 Å². The molecule has 12 heavy (non-hydrogen) atoms. The lowest BCUT2D eigenvalue weighted by atomic mass is 10.4. The molecule has 0 aliphatic carbocycles. The van der Waals surface area contributed by atoms with Gasteiger partial charge in [-0.3, -0.25) is 0 Å². The lowest BCUT2D eigenvalue weighted by Gasteiger charge is -2.23. The highest BCUT2D eigenvalue weighted by Crippen LogP contribution is 1.94. The average Bonchev–Trinajstić information content (AvgIpc) is 2.00. The molecule has 0 aliphatic rings. The summed E-state index contributed by atoms with van der Waals surface area (Å²) in [5.74, 6) is 0. The van der Waals surface area contributed by atoms with Gasteiger partial charge in [-0.05, 0) is 7.05 Å². The molecule has 0 heterocycles. The number of carbonyl (C=O) groups is 2. The van der Waals surface area contributed by atoms with Crippen LogP contribution in [0.3, 0.4) is 0 Å². The molecule has 6 heteroatoms. The molecule has 0 spiro atoms. The number of hydrogen-bond acceptors (Lipinski definition) is 2. The van der Waals surface area contributed by atoms with Gasteiger partial charge in [-0.2, -0.15) is 0 Å². The molecule has 5 nitrogen and oxygen atoms in total. The minimum absolute atomic E-state index is 0.325. The number of carbonyl (C=O) groups excluding carboxylic acids is 2. The minimum Gasteiger partial charge on any atom is -0.378 e. The van der Waals surface area contributed by atoms with Crippen LogP contribution >= 0.6 is 0 Å². The molecule has 0 bridgehead atoms. The Kier molecular flexibility index (Phi) is 3.59. The fourth-order valence-corrected chi connectivity index (χ4v) is 0.682. The Labute approximate surface area is 73.3 Å². The molecule has 68 valence electrons. The number of imide groups is 1. The highest BCUT2D eigenvalue weighted by atomic mass is 16.2. The highest BCUT2D eigenvalue weighted by molar-refractivity contribution is 6.15. The molecule has 0 aliphatic heterocycles. The Morgan fingerprint density at radius 1 is 1.00 bits per heavy atom. The Hall–Kier alpha value is -1.20. The summed E-state index contributed by atoms with van der Waals surface area (Å²) in [5.41, 5.74) is 0. The fraction of sp³-hybridized carbons (Fsp3) is 0.667. The zero-order valence-corrected chi connectivity index (χ0v) is 8.16. The summed E-state index contributed by atoms with van der Waals surface area (Å²) >= 11 is 0. The van der Waals surface area contributed by atoms with Gasteiger partial charge in [0.05, 0.1) is 0 Å². The van der Waals surface area contributed by atoms with Gasteiger partial charge in [0.15, 0.2) is 0 Å². The largest absolute Gasteiger partial charge is 0.378 e. The topological polar surface area (TPSA) is 43.9 Å². The van der Waals surface area contributed by atoms with Gasteiger partial charge in [-0.25, -0.2) is 14.5 Å². The van der Waals surface area contributed by atoms with Crippen molar-refractivity contribution in [1.82, 2.24) is 14.6 Å². The highest BCUT2D eigenvalue weighted by Gasteiger charge is 2.18. The molecule has 0 aromatic rings. The third-order valence-corrected chi connectivity index (χ3v) is 1.34. The van der Waals surface area contributed by atoms with Crippen molar-refractivity contribution in [3.8, 4) is 0 Å². The van der Waals surface area contributed by atoms with Crippen LogP contribution in [-0.2, 0) is 0 Å². The average molecular weight is 171 g/mol. The van der Waals surface area contributed by atoms with Crippen molar-refractivity contribution in [2.45, 2.75) is 0 Å². The van der Waals surface area contributed by atoms with Crippen LogP contribution in [-0.4, -0.2) is 62.8 Å². The molecule has 0 rings (SSSR count). The first kappa shape index (κ1) is 10.8. The number of rotatable bonds is 0. The Morgan fingerprint density at radius 3 is 1.67 bits per heavy atom. The summed E-state index contributed by atoms with van der Waals surface area (Å²) in [6.07, 6.45) is 0. The first-order chi connectivity index (χ1) is 5.37. The first-order valence-corrected chi connectivity index (χ1v) is 3.54. The minimum atomic E-state index is -0.325. The maximum atomic E-state index is 11.2. The molecule has 0 atom stereocenters. The second-order valence-electron chi connectivity index (χ2n) is 2.91. The van der Waals surface area contributed by atoms with Gasteiger partial charge < -0.3 is 9.71 Å². The van der Waals surface area contributed by atoms with Crippen LogP contribution in [0.2, 0.25) is 0 Å². The zero-order valence-electron chi connectivity index (χ0n) is 8.16. The maximum absolute atomic E-state index is 11.2. The van der Waals surface area contributed by atoms with Crippen LogP contribution in [0.1, 0.15) is 0 Å². The summed E-state index contributed by atoms with van der Waals surface area (Å²) in [4.78, 5) is 26.1. The summed E-state index contributed by atoms with van der Waals surface area (Å²) in [5, 5.41) is 0. The van der Waals surface area contributed by atoms with Crippen LogP contribution < -0.4 is 0 Å². The van der Waals surface area contributed by atoms with Crippen molar-refractivity contribution in [2.75, 3.05) is 28.2 Å². The van der Waals surface area contributed by atoms with E-state index in [-0.39, 0.29) is 12.1 Å². The second kappa shape index (κ2) is 3.99. The second-order valence-corrected chi connectivity index (χ2v) is 2.91. The predicted octanol–water partition coefficient (Wildman–Crippen LogP) is -0.800. The van der Waals surface area contributed by atoms with Crippen molar-refractivity contribution >= 4 is 20.0 Å². The van der Waals surface area contributed by atoms with Crippen molar-refractivity contribution in [3.63, 3.8) is 0 Å². The molecule has 0 fully saturated rings. The Balaban J connectivity index is 4.30. The lowest BCUT2D eigenvalue weighted by molar-refractivity contribution is 0.169. The molecule has 0 unspecified atom stereocenters. The van der Waals surface area contributed by atoms with Gasteiger partial charge in [0.25, 0.3) is 0 Å².